The molecule has 0 aliphatic heterocycles. The van der Waals surface area contributed by atoms with Crippen LogP contribution in [0.3, 0.4) is 0 Å². The summed E-state index contributed by atoms with van der Waals surface area (Å²) >= 11 is 1.45. The summed E-state index contributed by atoms with van der Waals surface area (Å²) in [6.45, 7) is 6.04. The summed E-state index contributed by atoms with van der Waals surface area (Å²) in [4.78, 5) is 29.4. The van der Waals surface area contributed by atoms with Crippen LogP contribution in [0.1, 0.15) is 32.9 Å². The van der Waals surface area contributed by atoms with Gasteiger partial charge >= 0.3 is 5.97 Å². The second-order valence-corrected chi connectivity index (χ2v) is 7.45. The van der Waals surface area contributed by atoms with Crippen molar-refractivity contribution in [3.8, 4) is 0 Å². The summed E-state index contributed by atoms with van der Waals surface area (Å²) in [5.41, 5.74) is -1.18. The normalized spacial score (nSPS) is 25.4. The average molecular weight is 351 g/mol. The number of rotatable bonds is 6. The minimum absolute atomic E-state index is 0.112. The fraction of sp³-hybridized carbons (Fsp3) is 0.562. The third kappa shape index (κ3) is 2.41. The van der Waals surface area contributed by atoms with E-state index >= 15 is 0 Å². The molecule has 2 heterocycles. The number of ether oxygens (including phenoxy) is 1. The van der Waals surface area contributed by atoms with E-state index in [4.69, 9.17) is 4.74 Å². The number of amides is 1. The van der Waals surface area contributed by atoms with Crippen LogP contribution in [-0.2, 0) is 20.7 Å². The molecule has 130 valence electrons. The Morgan fingerprint density at radius 2 is 2.29 bits per heavy atom. The maximum atomic E-state index is 12.5. The van der Waals surface area contributed by atoms with Gasteiger partial charge < -0.3 is 15.2 Å². The van der Waals surface area contributed by atoms with Gasteiger partial charge in [-0.2, -0.15) is 0 Å². The molecule has 2 N–H and O–H groups in total. The molecular formula is C16H21N3O4S. The van der Waals surface area contributed by atoms with Crippen LogP contribution in [0.5, 0.6) is 0 Å². The number of carboxylic acids is 1. The topological polar surface area (TPSA) is 92.9 Å². The zero-order chi connectivity index (χ0) is 17.5. The highest BCUT2D eigenvalue weighted by Crippen LogP contribution is 2.51. The number of hydrogen-bond donors (Lipinski definition) is 2. The van der Waals surface area contributed by atoms with E-state index in [1.165, 1.54) is 11.3 Å². The Balaban J connectivity index is 1.76. The lowest BCUT2D eigenvalue weighted by molar-refractivity contribution is -0.194. The van der Waals surface area contributed by atoms with Crippen molar-refractivity contribution in [1.82, 2.24) is 14.7 Å². The Morgan fingerprint density at radius 1 is 1.54 bits per heavy atom. The van der Waals surface area contributed by atoms with Gasteiger partial charge in [0.15, 0.2) is 4.96 Å². The third-order valence-corrected chi connectivity index (χ3v) is 5.94. The molecule has 1 fully saturated rings. The van der Waals surface area contributed by atoms with Crippen molar-refractivity contribution in [3.05, 3.63) is 23.5 Å². The second kappa shape index (κ2) is 5.86. The Hall–Kier alpha value is -1.93. The van der Waals surface area contributed by atoms with E-state index < -0.39 is 16.9 Å². The molecule has 1 amide bonds. The standard InChI is InChI=1S/C16H21N3O4S/c1-4-23-11-8-16(13(21)22,15(11,2)3)18-12(20)7-10-9-24-14-17-5-6-19(10)14/h5-6,9,11H,4,7-8H2,1-3H3,(H,18,20)(H,21,22). The molecule has 24 heavy (non-hydrogen) atoms. The predicted molar refractivity (Wildman–Crippen MR) is 89.1 cm³/mol. The molecule has 0 bridgehead atoms. The third-order valence-electron chi connectivity index (χ3n) is 5.04. The van der Waals surface area contributed by atoms with Crippen LogP contribution in [0.4, 0.5) is 0 Å². The number of thiazole rings is 1. The van der Waals surface area contributed by atoms with Crippen LogP contribution in [-0.4, -0.2) is 44.6 Å². The number of aromatic nitrogens is 2. The summed E-state index contributed by atoms with van der Waals surface area (Å²) in [6.07, 6.45) is 3.67. The van der Waals surface area contributed by atoms with Crippen LogP contribution in [0, 0.1) is 5.41 Å². The maximum Gasteiger partial charge on any atom is 0.330 e. The highest BCUT2D eigenvalue weighted by Gasteiger charge is 2.66. The number of carbonyl (C=O) groups is 2. The zero-order valence-electron chi connectivity index (χ0n) is 13.9. The lowest BCUT2D eigenvalue weighted by Gasteiger charge is -2.58. The van der Waals surface area contributed by atoms with Crippen LogP contribution in [0.2, 0.25) is 0 Å². The number of nitrogens with one attached hydrogen (secondary N) is 1. The van der Waals surface area contributed by atoms with Crippen LogP contribution < -0.4 is 5.32 Å². The van der Waals surface area contributed by atoms with Crippen molar-refractivity contribution in [2.45, 2.75) is 45.3 Å². The van der Waals surface area contributed by atoms with E-state index in [1.54, 1.807) is 12.4 Å². The zero-order valence-corrected chi connectivity index (χ0v) is 14.7. The Kier molecular flexibility index (Phi) is 4.13. The Morgan fingerprint density at radius 3 is 2.92 bits per heavy atom. The average Bonchev–Trinajstić information content (AvgIpc) is 3.10. The van der Waals surface area contributed by atoms with Gasteiger partial charge in [0, 0.05) is 41.9 Å². The van der Waals surface area contributed by atoms with Gasteiger partial charge in [0.2, 0.25) is 5.91 Å². The lowest BCUT2D eigenvalue weighted by Crippen LogP contribution is -2.76. The monoisotopic (exact) mass is 351 g/mol. The number of carboxylic acid groups (broad SMARTS) is 1. The van der Waals surface area contributed by atoms with E-state index in [1.807, 2.05) is 30.6 Å². The van der Waals surface area contributed by atoms with Crippen molar-refractivity contribution < 1.29 is 19.4 Å². The van der Waals surface area contributed by atoms with E-state index in [-0.39, 0.29) is 24.9 Å². The van der Waals surface area contributed by atoms with Crippen molar-refractivity contribution in [2.24, 2.45) is 5.41 Å². The van der Waals surface area contributed by atoms with E-state index in [2.05, 4.69) is 10.3 Å². The molecule has 0 spiro atoms. The number of carbonyl (C=O) groups excluding carboxylic acids is 1. The van der Waals surface area contributed by atoms with Gasteiger partial charge in [-0.3, -0.25) is 9.20 Å². The van der Waals surface area contributed by atoms with Crippen LogP contribution in [0.15, 0.2) is 17.8 Å². The summed E-state index contributed by atoms with van der Waals surface area (Å²) in [5, 5.41) is 14.4. The fourth-order valence-electron chi connectivity index (χ4n) is 3.38. The van der Waals surface area contributed by atoms with Gasteiger partial charge in [0.05, 0.1) is 12.5 Å². The molecule has 2 aromatic heterocycles. The first kappa shape index (κ1) is 16.9. The predicted octanol–water partition coefficient (Wildman–Crippen LogP) is 1.71. The minimum Gasteiger partial charge on any atom is -0.479 e. The largest absolute Gasteiger partial charge is 0.479 e. The quantitative estimate of drug-likeness (QED) is 0.826. The van der Waals surface area contributed by atoms with Gasteiger partial charge in [-0.25, -0.2) is 9.78 Å². The van der Waals surface area contributed by atoms with E-state index in [0.717, 1.165) is 10.7 Å². The molecule has 1 saturated carbocycles. The number of imidazole rings is 1. The Bertz CT molecular complexity index is 781. The van der Waals surface area contributed by atoms with E-state index in [0.29, 0.717) is 6.61 Å². The molecule has 0 aromatic carbocycles. The van der Waals surface area contributed by atoms with Crippen LogP contribution in [0.25, 0.3) is 4.96 Å². The Labute approximate surface area is 143 Å². The first-order valence-electron chi connectivity index (χ1n) is 7.87. The molecule has 7 nitrogen and oxygen atoms in total. The summed E-state index contributed by atoms with van der Waals surface area (Å²) in [5.74, 6) is -1.33. The minimum atomic E-state index is -1.30. The number of fused-ring (bicyclic) bond motifs is 1. The van der Waals surface area contributed by atoms with Gasteiger partial charge in [-0.15, -0.1) is 11.3 Å². The molecule has 0 radical (unpaired) electrons. The number of aliphatic carboxylic acids is 1. The van der Waals surface area contributed by atoms with Crippen LogP contribution >= 0.6 is 11.3 Å². The fourth-order valence-corrected chi connectivity index (χ4v) is 4.24. The molecular weight excluding hydrogens is 330 g/mol. The van der Waals surface area contributed by atoms with E-state index in [9.17, 15) is 14.7 Å². The molecule has 1 aliphatic rings. The summed E-state index contributed by atoms with van der Waals surface area (Å²) in [7, 11) is 0. The summed E-state index contributed by atoms with van der Waals surface area (Å²) in [6, 6.07) is 0. The first-order chi connectivity index (χ1) is 11.3. The maximum absolute atomic E-state index is 12.5. The summed E-state index contributed by atoms with van der Waals surface area (Å²) < 4.78 is 7.45. The SMILES string of the molecule is CCOC1CC(NC(=O)Cc2csc3nccn23)(C(=O)O)C1(C)C. The molecule has 1 aliphatic carbocycles. The smallest absolute Gasteiger partial charge is 0.330 e. The number of nitrogens with zero attached hydrogens (tertiary/aromatic N) is 2. The highest BCUT2D eigenvalue weighted by atomic mass is 32.1. The molecule has 0 saturated heterocycles. The highest BCUT2D eigenvalue weighted by molar-refractivity contribution is 7.15. The molecule has 2 atom stereocenters. The second-order valence-electron chi connectivity index (χ2n) is 6.61. The number of hydrogen-bond acceptors (Lipinski definition) is 5. The van der Waals surface area contributed by atoms with Crippen molar-refractivity contribution in [2.75, 3.05) is 6.61 Å². The first-order valence-corrected chi connectivity index (χ1v) is 8.75. The molecule has 2 unspecified atom stereocenters. The molecule has 2 aromatic rings. The van der Waals surface area contributed by atoms with Gasteiger partial charge in [-0.05, 0) is 6.92 Å². The lowest BCUT2D eigenvalue weighted by atomic mass is 9.54. The van der Waals surface area contributed by atoms with Crippen molar-refractivity contribution in [1.29, 1.82) is 0 Å². The molecule has 8 heteroatoms. The van der Waals surface area contributed by atoms with Crippen molar-refractivity contribution in [3.63, 3.8) is 0 Å². The van der Waals surface area contributed by atoms with Gasteiger partial charge in [0.1, 0.15) is 5.54 Å². The van der Waals surface area contributed by atoms with Gasteiger partial charge in [-0.1, -0.05) is 13.8 Å². The van der Waals surface area contributed by atoms with Crippen molar-refractivity contribution >= 4 is 28.2 Å². The van der Waals surface area contributed by atoms with Gasteiger partial charge in [0.25, 0.3) is 0 Å². The molecule has 3 rings (SSSR count).